The van der Waals surface area contributed by atoms with E-state index >= 15 is 0 Å². The lowest BCUT2D eigenvalue weighted by Crippen LogP contribution is -2.13. The standard InChI is InChI=1S/C14H13ClFNO3S/c1-9-7-11(5-6-13(9)21(17,18)19)20-8-10-3-2-4-12(15)14(10)16/h2-7H,8H2,1H3,(H2,17,18,19). The SMILES string of the molecule is Cc1cc(OCc2cccc(Cl)c2F)ccc1S(N)(=O)=O. The first kappa shape index (κ1) is 15.8. The monoisotopic (exact) mass is 329 g/mol. The molecule has 2 rings (SSSR count). The van der Waals surface area contributed by atoms with Crippen molar-refractivity contribution in [2.45, 2.75) is 18.4 Å². The molecule has 0 saturated carbocycles. The van der Waals surface area contributed by atoms with Gasteiger partial charge in [-0.05, 0) is 36.8 Å². The Morgan fingerprint density at radius 1 is 1.29 bits per heavy atom. The maximum absolute atomic E-state index is 13.7. The van der Waals surface area contributed by atoms with Gasteiger partial charge in [0.25, 0.3) is 0 Å². The molecule has 7 heteroatoms. The van der Waals surface area contributed by atoms with Crippen LogP contribution in [0.3, 0.4) is 0 Å². The zero-order valence-electron chi connectivity index (χ0n) is 11.1. The van der Waals surface area contributed by atoms with Crippen LogP contribution in [0.5, 0.6) is 5.75 Å². The summed E-state index contributed by atoms with van der Waals surface area (Å²) in [6.07, 6.45) is 0. The minimum Gasteiger partial charge on any atom is -0.489 e. The minimum absolute atomic E-state index is 0.0133. The van der Waals surface area contributed by atoms with Gasteiger partial charge in [-0.15, -0.1) is 0 Å². The molecule has 0 amide bonds. The number of benzene rings is 2. The number of halogens is 2. The van der Waals surface area contributed by atoms with Crippen LogP contribution >= 0.6 is 11.6 Å². The van der Waals surface area contributed by atoms with Crippen molar-refractivity contribution in [1.29, 1.82) is 0 Å². The topological polar surface area (TPSA) is 69.4 Å². The lowest BCUT2D eigenvalue weighted by molar-refractivity contribution is 0.299. The average molecular weight is 330 g/mol. The first-order chi connectivity index (χ1) is 9.79. The molecule has 2 N–H and O–H groups in total. The molecular weight excluding hydrogens is 317 g/mol. The fourth-order valence-electron chi connectivity index (χ4n) is 1.85. The van der Waals surface area contributed by atoms with Crippen molar-refractivity contribution < 1.29 is 17.5 Å². The molecule has 0 fully saturated rings. The number of sulfonamides is 1. The molecule has 2 aromatic carbocycles. The van der Waals surface area contributed by atoms with Crippen molar-refractivity contribution in [2.75, 3.05) is 0 Å². The van der Waals surface area contributed by atoms with Gasteiger partial charge in [-0.25, -0.2) is 17.9 Å². The second-order valence-corrected chi connectivity index (χ2v) is 6.41. The van der Waals surface area contributed by atoms with Crippen LogP contribution in [-0.4, -0.2) is 8.42 Å². The smallest absolute Gasteiger partial charge is 0.238 e. The Balaban J connectivity index is 2.18. The van der Waals surface area contributed by atoms with Crippen molar-refractivity contribution >= 4 is 21.6 Å². The fraction of sp³-hybridized carbons (Fsp3) is 0.143. The van der Waals surface area contributed by atoms with Crippen LogP contribution in [0.25, 0.3) is 0 Å². The van der Waals surface area contributed by atoms with E-state index in [0.717, 1.165) is 0 Å². The number of aryl methyl sites for hydroxylation is 1. The van der Waals surface area contributed by atoms with Crippen LogP contribution < -0.4 is 9.88 Å². The van der Waals surface area contributed by atoms with Gasteiger partial charge in [0.2, 0.25) is 10.0 Å². The molecule has 0 saturated heterocycles. The second kappa shape index (κ2) is 6.01. The van der Waals surface area contributed by atoms with Gasteiger partial charge >= 0.3 is 0 Å². The van der Waals surface area contributed by atoms with E-state index in [-0.39, 0.29) is 16.5 Å². The van der Waals surface area contributed by atoms with Gasteiger partial charge in [0.1, 0.15) is 18.2 Å². The van der Waals surface area contributed by atoms with E-state index in [0.29, 0.717) is 16.9 Å². The van der Waals surface area contributed by atoms with Crippen LogP contribution in [0, 0.1) is 12.7 Å². The van der Waals surface area contributed by atoms with Gasteiger partial charge in [0.05, 0.1) is 9.92 Å². The van der Waals surface area contributed by atoms with E-state index in [4.69, 9.17) is 21.5 Å². The number of ether oxygens (including phenoxy) is 1. The molecule has 0 aromatic heterocycles. The predicted octanol–water partition coefficient (Wildman–Crippen LogP) is 3.01. The van der Waals surface area contributed by atoms with Gasteiger partial charge in [0.15, 0.2) is 0 Å². The summed E-state index contributed by atoms with van der Waals surface area (Å²) in [6.45, 7) is 1.59. The van der Waals surface area contributed by atoms with Crippen LogP contribution in [0.1, 0.15) is 11.1 Å². The number of nitrogens with two attached hydrogens (primary N) is 1. The average Bonchev–Trinajstić information content (AvgIpc) is 2.39. The molecule has 21 heavy (non-hydrogen) atoms. The molecule has 4 nitrogen and oxygen atoms in total. The molecule has 0 aliphatic rings. The van der Waals surface area contributed by atoms with Gasteiger partial charge < -0.3 is 4.74 Å². The Labute approximate surface area is 127 Å². The van der Waals surface area contributed by atoms with E-state index in [1.165, 1.54) is 24.3 Å². The Morgan fingerprint density at radius 3 is 2.62 bits per heavy atom. The number of hydrogen-bond acceptors (Lipinski definition) is 3. The van der Waals surface area contributed by atoms with E-state index in [1.807, 2.05) is 0 Å². The highest BCUT2D eigenvalue weighted by atomic mass is 35.5. The molecule has 0 aliphatic heterocycles. The summed E-state index contributed by atoms with van der Waals surface area (Å²) in [4.78, 5) is 0.0313. The third-order valence-electron chi connectivity index (χ3n) is 2.88. The van der Waals surface area contributed by atoms with Crippen LogP contribution in [0.2, 0.25) is 5.02 Å². The summed E-state index contributed by atoms with van der Waals surface area (Å²) in [5.74, 6) is -0.115. The molecule has 0 heterocycles. The largest absolute Gasteiger partial charge is 0.489 e. The van der Waals surface area contributed by atoms with Crippen molar-refractivity contribution in [1.82, 2.24) is 0 Å². The maximum Gasteiger partial charge on any atom is 0.238 e. The molecule has 0 radical (unpaired) electrons. The second-order valence-electron chi connectivity index (χ2n) is 4.47. The predicted molar refractivity (Wildman–Crippen MR) is 78.3 cm³/mol. The fourth-order valence-corrected chi connectivity index (χ4v) is 2.81. The van der Waals surface area contributed by atoms with Crippen molar-refractivity contribution in [3.63, 3.8) is 0 Å². The third kappa shape index (κ3) is 3.72. The van der Waals surface area contributed by atoms with Gasteiger partial charge in [0, 0.05) is 5.56 Å². The quantitative estimate of drug-likeness (QED) is 0.937. The van der Waals surface area contributed by atoms with Gasteiger partial charge in [-0.1, -0.05) is 23.7 Å². The first-order valence-corrected chi connectivity index (χ1v) is 7.90. The Bertz CT molecular complexity index is 778. The summed E-state index contributed by atoms with van der Waals surface area (Å²) in [5, 5.41) is 5.10. The summed E-state index contributed by atoms with van der Waals surface area (Å²) in [5.41, 5.74) is 0.775. The maximum atomic E-state index is 13.7. The Kier molecular flexibility index (Phi) is 4.51. The lowest BCUT2D eigenvalue weighted by Gasteiger charge is -2.10. The van der Waals surface area contributed by atoms with E-state index in [2.05, 4.69) is 0 Å². The molecule has 0 spiro atoms. The summed E-state index contributed by atoms with van der Waals surface area (Å²) in [6, 6.07) is 8.99. The molecule has 2 aromatic rings. The zero-order chi connectivity index (χ0) is 15.6. The Hall–Kier alpha value is -1.63. The molecule has 0 unspecified atom stereocenters. The van der Waals surface area contributed by atoms with E-state index < -0.39 is 15.8 Å². The lowest BCUT2D eigenvalue weighted by atomic mass is 10.2. The number of primary sulfonamides is 1. The molecule has 0 bridgehead atoms. The van der Waals surface area contributed by atoms with Crippen LogP contribution in [-0.2, 0) is 16.6 Å². The van der Waals surface area contributed by atoms with Crippen molar-refractivity contribution in [3.8, 4) is 5.75 Å². The summed E-state index contributed by atoms with van der Waals surface area (Å²) in [7, 11) is -3.76. The minimum atomic E-state index is -3.76. The molecule has 0 aliphatic carbocycles. The third-order valence-corrected chi connectivity index (χ3v) is 4.24. The highest BCUT2D eigenvalue weighted by molar-refractivity contribution is 7.89. The van der Waals surface area contributed by atoms with E-state index in [9.17, 15) is 12.8 Å². The van der Waals surface area contributed by atoms with E-state index in [1.54, 1.807) is 19.1 Å². The first-order valence-electron chi connectivity index (χ1n) is 5.98. The normalized spacial score (nSPS) is 11.4. The highest BCUT2D eigenvalue weighted by Crippen LogP contribution is 2.23. The van der Waals surface area contributed by atoms with Gasteiger partial charge in [-0.2, -0.15) is 0 Å². The van der Waals surface area contributed by atoms with Crippen molar-refractivity contribution in [3.05, 3.63) is 58.4 Å². The summed E-state index contributed by atoms with van der Waals surface area (Å²) >= 11 is 5.68. The number of hydrogen-bond donors (Lipinski definition) is 1. The number of rotatable bonds is 4. The van der Waals surface area contributed by atoms with Crippen LogP contribution in [0.4, 0.5) is 4.39 Å². The zero-order valence-corrected chi connectivity index (χ0v) is 12.7. The van der Waals surface area contributed by atoms with Crippen molar-refractivity contribution in [2.24, 2.45) is 5.14 Å². The summed E-state index contributed by atoms with van der Waals surface area (Å²) < 4.78 is 41.7. The van der Waals surface area contributed by atoms with Crippen LogP contribution in [0.15, 0.2) is 41.3 Å². The Morgan fingerprint density at radius 2 is 2.00 bits per heavy atom. The molecule has 0 atom stereocenters. The molecular formula is C14H13ClFNO3S. The molecule has 112 valence electrons. The van der Waals surface area contributed by atoms with Gasteiger partial charge in [-0.3, -0.25) is 0 Å². The highest BCUT2D eigenvalue weighted by Gasteiger charge is 2.12.